The lowest BCUT2D eigenvalue weighted by molar-refractivity contribution is -0.0945. The van der Waals surface area contributed by atoms with Gasteiger partial charge in [-0.3, -0.25) is 0 Å². The first-order chi connectivity index (χ1) is 11.2. The fourth-order valence-electron chi connectivity index (χ4n) is 4.69. The van der Waals surface area contributed by atoms with Crippen LogP contribution in [-0.4, -0.2) is 48.9 Å². The number of anilines is 2. The molecule has 2 heterocycles. The molecule has 0 radical (unpaired) electrons. The number of ether oxygens (including phenoxy) is 1. The molecule has 2 unspecified atom stereocenters. The van der Waals surface area contributed by atoms with Crippen molar-refractivity contribution in [3.63, 3.8) is 0 Å². The molecule has 24 heavy (non-hydrogen) atoms. The van der Waals surface area contributed by atoms with Gasteiger partial charge in [-0.25, -0.2) is 4.79 Å². The van der Waals surface area contributed by atoms with Gasteiger partial charge in [0.15, 0.2) is 0 Å². The highest BCUT2D eigenvalue weighted by Gasteiger charge is 2.61. The van der Waals surface area contributed by atoms with E-state index in [0.717, 1.165) is 25.2 Å². The summed E-state index contributed by atoms with van der Waals surface area (Å²) in [5.74, 6) is 0.681. The van der Waals surface area contributed by atoms with Crippen LogP contribution in [0.15, 0.2) is 18.2 Å². The van der Waals surface area contributed by atoms with Crippen LogP contribution < -0.4 is 15.4 Å². The van der Waals surface area contributed by atoms with Gasteiger partial charge in [0.05, 0.1) is 12.8 Å². The molecule has 2 aliphatic rings. The molecule has 2 saturated heterocycles. The van der Waals surface area contributed by atoms with Gasteiger partial charge in [0.25, 0.3) is 0 Å². The van der Waals surface area contributed by atoms with Crippen LogP contribution in [0, 0.1) is 10.8 Å². The number of carboxylic acid groups (broad SMARTS) is 1. The second-order valence-electron chi connectivity index (χ2n) is 8.14. The maximum absolute atomic E-state index is 11.5. The molecule has 2 aliphatic heterocycles. The summed E-state index contributed by atoms with van der Waals surface area (Å²) in [6, 6.07) is 5.90. The Balaban J connectivity index is 1.82. The fourth-order valence-corrected chi connectivity index (χ4v) is 4.69. The van der Waals surface area contributed by atoms with E-state index >= 15 is 0 Å². The molecule has 3 N–H and O–H groups in total. The molecule has 6 heteroatoms. The number of hydrogen-bond donors (Lipinski definition) is 2. The van der Waals surface area contributed by atoms with Crippen LogP contribution in [0.25, 0.3) is 0 Å². The Bertz CT molecular complexity index is 655. The quantitative estimate of drug-likeness (QED) is 0.814. The van der Waals surface area contributed by atoms with Crippen LogP contribution in [0.1, 0.15) is 27.2 Å². The van der Waals surface area contributed by atoms with Crippen molar-refractivity contribution < 1.29 is 14.6 Å². The summed E-state index contributed by atoms with van der Waals surface area (Å²) in [5, 5.41) is 9.47. The molecule has 3 rings (SSSR count). The zero-order valence-corrected chi connectivity index (χ0v) is 14.9. The average Bonchev–Trinajstić information content (AvgIpc) is 2.89. The molecule has 0 saturated carbocycles. The van der Waals surface area contributed by atoms with Crippen molar-refractivity contribution in [1.29, 1.82) is 0 Å². The SMILES string of the molecule is COc1ccc(N2CCC3(C2)CN(C(=O)O)C3C(C)(C)C)cc1N. The highest BCUT2D eigenvalue weighted by molar-refractivity contribution is 5.68. The van der Waals surface area contributed by atoms with Crippen LogP contribution in [0.5, 0.6) is 5.75 Å². The number of benzene rings is 1. The largest absolute Gasteiger partial charge is 0.495 e. The van der Waals surface area contributed by atoms with Gasteiger partial charge in [-0.2, -0.15) is 0 Å². The van der Waals surface area contributed by atoms with Crippen molar-refractivity contribution in [3.05, 3.63) is 18.2 Å². The highest BCUT2D eigenvalue weighted by Crippen LogP contribution is 2.52. The Labute approximate surface area is 143 Å². The number of nitrogen functional groups attached to an aromatic ring is 1. The highest BCUT2D eigenvalue weighted by atomic mass is 16.5. The van der Waals surface area contributed by atoms with E-state index in [1.54, 1.807) is 12.0 Å². The topological polar surface area (TPSA) is 79.0 Å². The predicted octanol–water partition coefficient (Wildman–Crippen LogP) is 2.88. The van der Waals surface area contributed by atoms with Crippen molar-refractivity contribution in [1.82, 2.24) is 4.90 Å². The standard InChI is InChI=1S/C18H27N3O3/c1-17(2,3)15-18(11-21(15)16(22)23)7-8-20(10-18)12-5-6-14(24-4)13(19)9-12/h5-6,9,15H,7-8,10-11,19H2,1-4H3,(H,22,23). The number of methoxy groups -OCH3 is 1. The molecule has 0 aliphatic carbocycles. The van der Waals surface area contributed by atoms with E-state index in [9.17, 15) is 9.90 Å². The van der Waals surface area contributed by atoms with Gasteiger partial charge in [0, 0.05) is 36.8 Å². The molecule has 0 aromatic heterocycles. The molecular weight excluding hydrogens is 306 g/mol. The Morgan fingerprint density at radius 3 is 2.62 bits per heavy atom. The molecule has 0 bridgehead atoms. The minimum Gasteiger partial charge on any atom is -0.495 e. The monoisotopic (exact) mass is 333 g/mol. The molecule has 6 nitrogen and oxygen atoms in total. The molecule has 1 amide bonds. The number of hydrogen-bond acceptors (Lipinski definition) is 4. The van der Waals surface area contributed by atoms with E-state index < -0.39 is 6.09 Å². The molecule has 132 valence electrons. The summed E-state index contributed by atoms with van der Waals surface area (Å²) in [7, 11) is 1.61. The minimum atomic E-state index is -0.812. The zero-order valence-electron chi connectivity index (χ0n) is 14.9. The lowest BCUT2D eigenvalue weighted by atomic mass is 9.61. The first-order valence-electron chi connectivity index (χ1n) is 8.36. The van der Waals surface area contributed by atoms with Gasteiger partial charge >= 0.3 is 6.09 Å². The number of nitrogens with two attached hydrogens (primary N) is 1. The van der Waals surface area contributed by atoms with Gasteiger partial charge < -0.3 is 25.4 Å². The number of carbonyl (C=O) groups is 1. The zero-order chi connectivity index (χ0) is 17.7. The average molecular weight is 333 g/mol. The van der Waals surface area contributed by atoms with E-state index in [0.29, 0.717) is 18.0 Å². The lowest BCUT2D eigenvalue weighted by Gasteiger charge is -2.59. The Kier molecular flexibility index (Phi) is 3.81. The van der Waals surface area contributed by atoms with Crippen LogP contribution in [0.2, 0.25) is 0 Å². The molecule has 1 spiro atoms. The van der Waals surface area contributed by atoms with Crippen molar-refractivity contribution in [2.45, 2.75) is 33.2 Å². The first kappa shape index (κ1) is 16.7. The van der Waals surface area contributed by atoms with E-state index in [-0.39, 0.29) is 16.9 Å². The van der Waals surface area contributed by atoms with Crippen LogP contribution in [0.4, 0.5) is 16.2 Å². The minimum absolute atomic E-state index is 0.0331. The van der Waals surface area contributed by atoms with Crippen molar-refractivity contribution in [3.8, 4) is 5.75 Å². The van der Waals surface area contributed by atoms with Crippen molar-refractivity contribution >= 4 is 17.5 Å². The molecular formula is C18H27N3O3. The third kappa shape index (κ3) is 2.54. The first-order valence-corrected chi connectivity index (χ1v) is 8.36. The van der Waals surface area contributed by atoms with Gasteiger partial charge in [-0.1, -0.05) is 20.8 Å². The maximum Gasteiger partial charge on any atom is 0.407 e. The third-order valence-electron chi connectivity index (χ3n) is 5.41. The summed E-state index contributed by atoms with van der Waals surface area (Å²) >= 11 is 0. The normalized spacial score (nSPS) is 26.6. The van der Waals surface area contributed by atoms with Crippen LogP contribution in [0.3, 0.4) is 0 Å². The lowest BCUT2D eigenvalue weighted by Crippen LogP contribution is -2.71. The summed E-state index contributed by atoms with van der Waals surface area (Å²) < 4.78 is 5.22. The van der Waals surface area contributed by atoms with E-state index in [1.807, 2.05) is 18.2 Å². The van der Waals surface area contributed by atoms with Gasteiger partial charge in [0.1, 0.15) is 5.75 Å². The van der Waals surface area contributed by atoms with Gasteiger partial charge in [-0.15, -0.1) is 0 Å². The maximum atomic E-state index is 11.5. The number of amides is 1. The summed E-state index contributed by atoms with van der Waals surface area (Å²) in [6.07, 6.45) is 0.192. The third-order valence-corrected chi connectivity index (χ3v) is 5.41. The number of rotatable bonds is 2. The van der Waals surface area contributed by atoms with Crippen LogP contribution >= 0.6 is 0 Å². The second-order valence-corrected chi connectivity index (χ2v) is 8.14. The molecule has 1 aromatic rings. The molecule has 1 aromatic carbocycles. The van der Waals surface area contributed by atoms with Gasteiger partial charge in [0.2, 0.25) is 0 Å². The number of likely N-dealkylation sites (tertiary alicyclic amines) is 1. The van der Waals surface area contributed by atoms with E-state index in [4.69, 9.17) is 10.5 Å². The van der Waals surface area contributed by atoms with E-state index in [2.05, 4.69) is 25.7 Å². The van der Waals surface area contributed by atoms with Gasteiger partial charge in [-0.05, 0) is 30.0 Å². The van der Waals surface area contributed by atoms with Crippen LogP contribution in [-0.2, 0) is 0 Å². The summed E-state index contributed by atoms with van der Waals surface area (Å²) in [5.41, 5.74) is 7.69. The van der Waals surface area contributed by atoms with Crippen molar-refractivity contribution in [2.24, 2.45) is 10.8 Å². The van der Waals surface area contributed by atoms with E-state index in [1.165, 1.54) is 0 Å². The summed E-state index contributed by atoms with van der Waals surface area (Å²) in [6.45, 7) is 8.79. The fraction of sp³-hybridized carbons (Fsp3) is 0.611. The Morgan fingerprint density at radius 2 is 2.08 bits per heavy atom. The molecule has 2 atom stereocenters. The molecule has 2 fully saturated rings. The smallest absolute Gasteiger partial charge is 0.407 e. The number of nitrogens with zero attached hydrogens (tertiary/aromatic N) is 2. The predicted molar refractivity (Wildman–Crippen MR) is 94.6 cm³/mol. The Hall–Kier alpha value is -2.11. The van der Waals surface area contributed by atoms with Crippen molar-refractivity contribution in [2.75, 3.05) is 37.4 Å². The Morgan fingerprint density at radius 1 is 1.38 bits per heavy atom. The summed E-state index contributed by atoms with van der Waals surface area (Å²) in [4.78, 5) is 15.4. The second kappa shape index (κ2) is 5.46.